The van der Waals surface area contributed by atoms with Gasteiger partial charge in [0.2, 0.25) is 0 Å². The van der Waals surface area contributed by atoms with Gasteiger partial charge in [-0.1, -0.05) is 31.4 Å². The first-order valence-corrected chi connectivity index (χ1v) is 11.9. The molecule has 10 atom stereocenters. The Morgan fingerprint density at radius 3 is 2.31 bits per heavy atom. The van der Waals surface area contributed by atoms with Gasteiger partial charge in [0, 0.05) is 6.61 Å². The van der Waals surface area contributed by atoms with Crippen LogP contribution in [-0.2, 0) is 25.6 Å². The summed E-state index contributed by atoms with van der Waals surface area (Å²) in [5.74, 6) is 0. The van der Waals surface area contributed by atoms with Crippen LogP contribution >= 0.6 is 0 Å². The molecular formula is C21H37N3O11. The molecule has 0 unspecified atom stereocenters. The smallest absolute Gasteiger partial charge is 0.187 e. The zero-order valence-electron chi connectivity index (χ0n) is 19.6. The van der Waals surface area contributed by atoms with E-state index in [4.69, 9.17) is 18.9 Å². The highest BCUT2D eigenvalue weighted by molar-refractivity contribution is 4.97. The number of hydrogen-bond acceptors (Lipinski definition) is 13. The van der Waals surface area contributed by atoms with Gasteiger partial charge in [-0.2, -0.15) is 0 Å². The molecule has 7 N–H and O–H groups in total. The third-order valence-electron chi connectivity index (χ3n) is 6.19. The van der Waals surface area contributed by atoms with Crippen LogP contribution in [0.2, 0.25) is 0 Å². The fourth-order valence-electron chi connectivity index (χ4n) is 4.10. The van der Waals surface area contributed by atoms with E-state index >= 15 is 0 Å². The van der Waals surface area contributed by atoms with Crippen LogP contribution in [0.3, 0.4) is 0 Å². The molecule has 14 nitrogen and oxygen atoms in total. The molecule has 0 radical (unpaired) electrons. The molecule has 0 spiro atoms. The number of aliphatic hydroxyl groups is 7. The van der Waals surface area contributed by atoms with Crippen LogP contribution in [0.1, 0.15) is 44.5 Å². The molecule has 2 fully saturated rings. The van der Waals surface area contributed by atoms with Gasteiger partial charge < -0.3 is 54.7 Å². The normalized spacial score (nSPS) is 38.1. The van der Waals surface area contributed by atoms with Crippen molar-refractivity contribution in [3.63, 3.8) is 0 Å². The van der Waals surface area contributed by atoms with Gasteiger partial charge in [-0.05, 0) is 6.42 Å². The molecule has 2 aliphatic heterocycles. The Morgan fingerprint density at radius 2 is 1.63 bits per heavy atom. The van der Waals surface area contributed by atoms with E-state index in [-0.39, 0.29) is 6.61 Å². The Bertz CT molecular complexity index is 752. The second-order valence-corrected chi connectivity index (χ2v) is 8.83. The zero-order chi connectivity index (χ0) is 25.5. The van der Waals surface area contributed by atoms with E-state index < -0.39 is 74.6 Å². The molecular weight excluding hydrogens is 470 g/mol. The summed E-state index contributed by atoms with van der Waals surface area (Å²) in [5.41, 5.74) is 0.492. The maximum Gasteiger partial charge on any atom is 0.187 e. The molecule has 2 saturated heterocycles. The number of ether oxygens (including phenoxy) is 4. The van der Waals surface area contributed by atoms with Crippen molar-refractivity contribution >= 4 is 0 Å². The van der Waals surface area contributed by atoms with E-state index in [0.29, 0.717) is 12.3 Å². The third-order valence-corrected chi connectivity index (χ3v) is 6.19. The van der Waals surface area contributed by atoms with Gasteiger partial charge in [0.15, 0.2) is 12.5 Å². The number of hydrogen-bond donors (Lipinski definition) is 7. The molecule has 3 rings (SSSR count). The van der Waals surface area contributed by atoms with Crippen LogP contribution < -0.4 is 0 Å². The van der Waals surface area contributed by atoms with Crippen molar-refractivity contribution in [3.05, 3.63) is 11.9 Å². The van der Waals surface area contributed by atoms with Gasteiger partial charge in [-0.3, -0.25) is 0 Å². The molecule has 35 heavy (non-hydrogen) atoms. The molecule has 1 aromatic heterocycles. The molecule has 0 aliphatic carbocycles. The quantitative estimate of drug-likeness (QED) is 0.142. The van der Waals surface area contributed by atoms with Crippen LogP contribution in [0.4, 0.5) is 0 Å². The summed E-state index contributed by atoms with van der Waals surface area (Å²) in [4.78, 5) is 0. The van der Waals surface area contributed by atoms with Crippen molar-refractivity contribution in [3.8, 4) is 0 Å². The molecule has 14 heteroatoms. The first-order valence-electron chi connectivity index (χ1n) is 11.9. The number of unbranched alkanes of at least 4 members (excludes halogenated alkanes) is 3. The lowest BCUT2D eigenvalue weighted by atomic mass is 9.96. The van der Waals surface area contributed by atoms with Gasteiger partial charge in [0.1, 0.15) is 54.5 Å². The summed E-state index contributed by atoms with van der Waals surface area (Å²) in [6, 6.07) is 0. The largest absolute Gasteiger partial charge is 0.394 e. The van der Waals surface area contributed by atoms with E-state index in [9.17, 15) is 35.7 Å². The van der Waals surface area contributed by atoms with E-state index in [2.05, 4.69) is 17.2 Å². The van der Waals surface area contributed by atoms with Crippen molar-refractivity contribution in [2.75, 3.05) is 19.8 Å². The summed E-state index contributed by atoms with van der Waals surface area (Å²) in [6.45, 7) is 1.62. The molecule has 202 valence electrons. The average molecular weight is 508 g/mol. The highest BCUT2D eigenvalue weighted by atomic mass is 16.7. The SMILES string of the molecule is CCCCCCOCc1cn([C@@H]2O[C@H](CO)[C@@H](O[C@H]3O[C@H](CO)[C@@H](O)[C@H](O)[C@H]3O)[C@H](O)[C@H]2O)nn1. The van der Waals surface area contributed by atoms with Crippen molar-refractivity contribution in [2.45, 2.75) is 101 Å². The lowest BCUT2D eigenvalue weighted by Gasteiger charge is -2.45. The maximum atomic E-state index is 10.7. The predicted octanol–water partition coefficient (Wildman–Crippen LogP) is -2.83. The van der Waals surface area contributed by atoms with Crippen LogP contribution in [0, 0.1) is 0 Å². The van der Waals surface area contributed by atoms with Gasteiger partial charge in [-0.25, -0.2) is 4.68 Å². The van der Waals surface area contributed by atoms with Gasteiger partial charge in [0.25, 0.3) is 0 Å². The van der Waals surface area contributed by atoms with Gasteiger partial charge in [-0.15, -0.1) is 5.10 Å². The number of rotatable bonds is 12. The number of nitrogens with zero attached hydrogens (tertiary/aromatic N) is 3. The minimum Gasteiger partial charge on any atom is -0.394 e. The van der Waals surface area contributed by atoms with Crippen LogP contribution in [0.15, 0.2) is 6.20 Å². The van der Waals surface area contributed by atoms with Crippen molar-refractivity contribution in [1.29, 1.82) is 0 Å². The van der Waals surface area contributed by atoms with Crippen LogP contribution in [0.5, 0.6) is 0 Å². The number of aliphatic hydroxyl groups excluding tert-OH is 7. The molecule has 3 heterocycles. The van der Waals surface area contributed by atoms with E-state index in [0.717, 1.165) is 25.7 Å². The standard InChI is InChI=1S/C21H37N3O11/c1-2-3-4-5-6-32-10-11-7-24(23-22-11)20-17(30)16(29)19(13(9-26)33-20)35-21-18(31)15(28)14(27)12(8-25)34-21/h7,12-21,25-31H,2-6,8-10H2,1H3/t12-,13-,14-,15+,16-,17-,18-,19-,20-,21-/m1/s1. The lowest BCUT2D eigenvalue weighted by molar-refractivity contribution is -0.347. The molecule has 0 saturated carbocycles. The molecule has 0 bridgehead atoms. The lowest BCUT2D eigenvalue weighted by Crippen LogP contribution is -2.63. The molecule has 0 aromatic carbocycles. The minimum atomic E-state index is -1.73. The van der Waals surface area contributed by atoms with Crippen molar-refractivity contribution < 1.29 is 54.7 Å². The fraction of sp³-hybridized carbons (Fsp3) is 0.905. The topological polar surface area (TPSA) is 209 Å². The Kier molecular flexibility index (Phi) is 10.7. The summed E-state index contributed by atoms with van der Waals surface area (Å²) >= 11 is 0. The zero-order valence-corrected chi connectivity index (χ0v) is 19.6. The summed E-state index contributed by atoms with van der Waals surface area (Å²) in [5, 5.41) is 78.6. The fourth-order valence-corrected chi connectivity index (χ4v) is 4.10. The molecule has 1 aromatic rings. The van der Waals surface area contributed by atoms with Gasteiger partial charge >= 0.3 is 0 Å². The number of aromatic nitrogens is 3. The molecule has 0 amide bonds. The van der Waals surface area contributed by atoms with Crippen molar-refractivity contribution in [2.24, 2.45) is 0 Å². The summed E-state index contributed by atoms with van der Waals surface area (Å²) in [7, 11) is 0. The average Bonchev–Trinajstić information content (AvgIpc) is 3.33. The first-order chi connectivity index (χ1) is 16.8. The van der Waals surface area contributed by atoms with Gasteiger partial charge in [0.05, 0.1) is 26.0 Å². The highest BCUT2D eigenvalue weighted by Gasteiger charge is 2.51. The van der Waals surface area contributed by atoms with E-state index in [1.165, 1.54) is 10.9 Å². The highest BCUT2D eigenvalue weighted by Crippen LogP contribution is 2.32. The predicted molar refractivity (Wildman–Crippen MR) is 115 cm³/mol. The second-order valence-electron chi connectivity index (χ2n) is 8.83. The summed E-state index contributed by atoms with van der Waals surface area (Å²) < 4.78 is 23.3. The first kappa shape index (κ1) is 28.3. The van der Waals surface area contributed by atoms with Crippen LogP contribution in [-0.4, -0.2) is 126 Å². The maximum absolute atomic E-state index is 10.7. The second kappa shape index (κ2) is 13.3. The van der Waals surface area contributed by atoms with Crippen LogP contribution in [0.25, 0.3) is 0 Å². The molecule has 2 aliphatic rings. The monoisotopic (exact) mass is 507 g/mol. The Labute approximate surface area is 202 Å². The Morgan fingerprint density at radius 1 is 0.886 bits per heavy atom. The Hall–Kier alpha value is -1.30. The van der Waals surface area contributed by atoms with Crippen molar-refractivity contribution in [1.82, 2.24) is 15.0 Å². The third kappa shape index (κ3) is 6.72. The minimum absolute atomic E-state index is 0.212. The van der Waals surface area contributed by atoms with E-state index in [1.807, 2.05) is 0 Å². The van der Waals surface area contributed by atoms with E-state index in [1.54, 1.807) is 0 Å². The Balaban J connectivity index is 1.61. The summed E-state index contributed by atoms with van der Waals surface area (Å²) in [6.07, 6.45) is -9.01.